The maximum absolute atomic E-state index is 12.1. The molecular weight excluding hydrogens is 290 g/mol. The number of nitro groups is 1. The monoisotopic (exact) mass is 309 g/mol. The van der Waals surface area contributed by atoms with Gasteiger partial charge in [0.25, 0.3) is 0 Å². The quantitative estimate of drug-likeness (QED) is 0.512. The van der Waals surface area contributed by atoms with Crippen molar-refractivity contribution in [2.45, 2.75) is 31.6 Å². The van der Waals surface area contributed by atoms with E-state index < -0.39 is 34.6 Å². The maximum atomic E-state index is 12.1. The highest BCUT2D eigenvalue weighted by atomic mass is 16.7. The Morgan fingerprint density at radius 2 is 2.05 bits per heavy atom. The highest BCUT2D eigenvalue weighted by molar-refractivity contribution is 5.75. The molecule has 0 bridgehead atoms. The van der Waals surface area contributed by atoms with E-state index in [0.29, 0.717) is 5.56 Å². The van der Waals surface area contributed by atoms with Crippen molar-refractivity contribution in [2.24, 2.45) is 5.92 Å². The molecule has 1 aromatic rings. The molecule has 0 radical (unpaired) electrons. The molecule has 1 N–H and O–H groups in total. The van der Waals surface area contributed by atoms with E-state index in [4.69, 9.17) is 9.47 Å². The summed E-state index contributed by atoms with van der Waals surface area (Å²) in [5.41, 5.74) is 1.60. The van der Waals surface area contributed by atoms with Crippen molar-refractivity contribution >= 4 is 5.97 Å². The molecule has 0 spiro atoms. The van der Waals surface area contributed by atoms with E-state index in [1.165, 1.54) is 14.0 Å². The molecule has 0 aliphatic carbocycles. The summed E-state index contributed by atoms with van der Waals surface area (Å²) >= 11 is 0. The SMILES string of the molecule is COC(=O)[C@@H]1[C@@H](c2ccc(C)cc2)[C@H]([N+](=O)[O-])CO[C@]1(C)O. The molecule has 1 aliphatic heterocycles. The maximum Gasteiger partial charge on any atom is 0.315 e. The van der Waals surface area contributed by atoms with E-state index in [0.717, 1.165) is 5.56 Å². The van der Waals surface area contributed by atoms with Crippen molar-refractivity contribution in [2.75, 3.05) is 13.7 Å². The molecule has 22 heavy (non-hydrogen) atoms. The van der Waals surface area contributed by atoms with Crippen molar-refractivity contribution < 1.29 is 24.3 Å². The highest BCUT2D eigenvalue weighted by Gasteiger charge is 2.56. The lowest BCUT2D eigenvalue weighted by Gasteiger charge is -2.41. The zero-order chi connectivity index (χ0) is 16.5. The predicted octanol–water partition coefficient (Wildman–Crippen LogP) is 1.25. The second kappa shape index (κ2) is 6.02. The molecular formula is C15H19NO6. The molecule has 4 atom stereocenters. The van der Waals surface area contributed by atoms with Gasteiger partial charge in [-0.2, -0.15) is 0 Å². The Hall–Kier alpha value is -1.99. The highest BCUT2D eigenvalue weighted by Crippen LogP contribution is 2.42. The lowest BCUT2D eigenvalue weighted by molar-refractivity contribution is -0.545. The van der Waals surface area contributed by atoms with Crippen LogP contribution in [-0.2, 0) is 14.3 Å². The van der Waals surface area contributed by atoms with Crippen LogP contribution in [0.1, 0.15) is 24.0 Å². The lowest BCUT2D eigenvalue weighted by atomic mass is 9.74. The van der Waals surface area contributed by atoms with Crippen molar-refractivity contribution in [1.82, 2.24) is 0 Å². The first-order valence-electron chi connectivity index (χ1n) is 6.92. The van der Waals surface area contributed by atoms with E-state index in [1.807, 2.05) is 19.1 Å². The van der Waals surface area contributed by atoms with Gasteiger partial charge in [-0.25, -0.2) is 0 Å². The first kappa shape index (κ1) is 16.4. The van der Waals surface area contributed by atoms with Crippen LogP contribution in [0.15, 0.2) is 24.3 Å². The fraction of sp³-hybridized carbons (Fsp3) is 0.533. The van der Waals surface area contributed by atoms with E-state index >= 15 is 0 Å². The molecule has 7 heteroatoms. The van der Waals surface area contributed by atoms with Crippen molar-refractivity contribution in [3.05, 3.63) is 45.5 Å². The van der Waals surface area contributed by atoms with Gasteiger partial charge in [0.05, 0.1) is 13.0 Å². The van der Waals surface area contributed by atoms with Gasteiger partial charge in [-0.15, -0.1) is 0 Å². The average Bonchev–Trinajstić information content (AvgIpc) is 2.46. The van der Waals surface area contributed by atoms with Gasteiger partial charge in [-0.05, 0) is 19.4 Å². The molecule has 1 saturated heterocycles. The van der Waals surface area contributed by atoms with Gasteiger partial charge >= 0.3 is 5.97 Å². The number of aryl methyl sites for hydroxylation is 1. The van der Waals surface area contributed by atoms with Gasteiger partial charge in [0.15, 0.2) is 5.79 Å². The fourth-order valence-electron chi connectivity index (χ4n) is 2.89. The number of nitrogens with zero attached hydrogens (tertiary/aromatic N) is 1. The summed E-state index contributed by atoms with van der Waals surface area (Å²) in [5.74, 6) is -4.56. The van der Waals surface area contributed by atoms with Crippen LogP contribution in [0.3, 0.4) is 0 Å². The van der Waals surface area contributed by atoms with E-state index in [9.17, 15) is 20.0 Å². The number of ether oxygens (including phenoxy) is 2. The third-order valence-electron chi connectivity index (χ3n) is 4.09. The van der Waals surface area contributed by atoms with Crippen molar-refractivity contribution in [3.63, 3.8) is 0 Å². The number of methoxy groups -OCH3 is 1. The van der Waals surface area contributed by atoms with Crippen LogP contribution in [0.25, 0.3) is 0 Å². The van der Waals surface area contributed by atoms with Crippen molar-refractivity contribution in [3.8, 4) is 0 Å². The van der Waals surface area contributed by atoms with Gasteiger partial charge in [0.2, 0.25) is 6.04 Å². The Morgan fingerprint density at radius 1 is 1.45 bits per heavy atom. The van der Waals surface area contributed by atoms with Crippen LogP contribution in [0.4, 0.5) is 0 Å². The summed E-state index contributed by atoms with van der Waals surface area (Å²) in [6, 6.07) is 5.95. The Labute approximate surface area is 128 Å². The first-order chi connectivity index (χ1) is 10.3. The zero-order valence-electron chi connectivity index (χ0n) is 12.7. The number of aliphatic hydroxyl groups is 1. The Morgan fingerprint density at radius 3 is 2.55 bits per heavy atom. The summed E-state index contributed by atoms with van der Waals surface area (Å²) in [5, 5.41) is 21.7. The molecule has 1 fully saturated rings. The summed E-state index contributed by atoms with van der Waals surface area (Å²) in [6.07, 6.45) is 0. The number of hydrogen-bond acceptors (Lipinski definition) is 6. The lowest BCUT2D eigenvalue weighted by Crippen LogP contribution is -2.56. The standard InChI is InChI=1S/C15H19NO6/c1-9-4-6-10(7-5-9)12-11(16(19)20)8-22-15(2,18)13(12)14(17)21-3/h4-7,11-13,18H,8H2,1-3H3/t11-,12+,13+,15+/m1/s1. The Balaban J connectivity index is 2.53. The summed E-state index contributed by atoms with van der Waals surface area (Å²) in [4.78, 5) is 23.0. The van der Waals surface area contributed by atoms with Crippen molar-refractivity contribution in [1.29, 1.82) is 0 Å². The van der Waals surface area contributed by atoms with Crippen LogP contribution in [0, 0.1) is 23.0 Å². The van der Waals surface area contributed by atoms with E-state index in [-0.39, 0.29) is 6.61 Å². The molecule has 1 aliphatic rings. The number of esters is 1. The zero-order valence-corrected chi connectivity index (χ0v) is 12.7. The molecule has 0 aromatic heterocycles. The van der Waals surface area contributed by atoms with Gasteiger partial charge in [-0.1, -0.05) is 29.8 Å². The average molecular weight is 309 g/mol. The molecule has 0 unspecified atom stereocenters. The van der Waals surface area contributed by atoms with Gasteiger partial charge in [0, 0.05) is 4.92 Å². The molecule has 120 valence electrons. The summed E-state index contributed by atoms with van der Waals surface area (Å²) < 4.78 is 9.89. The van der Waals surface area contributed by atoms with E-state index in [1.54, 1.807) is 12.1 Å². The minimum Gasteiger partial charge on any atom is -0.469 e. The predicted molar refractivity (Wildman–Crippen MR) is 76.8 cm³/mol. The molecule has 1 aromatic carbocycles. The van der Waals surface area contributed by atoms with Gasteiger partial charge in [-0.3, -0.25) is 14.9 Å². The van der Waals surface area contributed by atoms with Gasteiger partial charge in [0.1, 0.15) is 12.5 Å². The second-order valence-electron chi connectivity index (χ2n) is 5.66. The molecule has 7 nitrogen and oxygen atoms in total. The number of carbonyl (C=O) groups is 1. The van der Waals surface area contributed by atoms with Crippen LogP contribution in [0.5, 0.6) is 0 Å². The molecule has 0 saturated carbocycles. The Kier molecular flexibility index (Phi) is 4.48. The minimum atomic E-state index is -1.82. The summed E-state index contributed by atoms with van der Waals surface area (Å²) in [6.45, 7) is 2.95. The van der Waals surface area contributed by atoms with E-state index in [2.05, 4.69) is 0 Å². The molecule has 2 rings (SSSR count). The number of hydrogen-bond donors (Lipinski definition) is 1. The smallest absolute Gasteiger partial charge is 0.315 e. The van der Waals surface area contributed by atoms with Crippen LogP contribution in [-0.4, -0.2) is 41.5 Å². The Bertz CT molecular complexity index is 568. The number of carbonyl (C=O) groups excluding carboxylic acids is 1. The fourth-order valence-corrected chi connectivity index (χ4v) is 2.89. The largest absolute Gasteiger partial charge is 0.469 e. The molecule has 0 amide bonds. The third kappa shape index (κ3) is 2.95. The van der Waals surface area contributed by atoms with Gasteiger partial charge < -0.3 is 14.6 Å². The number of benzene rings is 1. The van der Waals surface area contributed by atoms with Crippen LogP contribution >= 0.6 is 0 Å². The first-order valence-corrected chi connectivity index (χ1v) is 6.92. The molecule has 1 heterocycles. The minimum absolute atomic E-state index is 0.272. The third-order valence-corrected chi connectivity index (χ3v) is 4.09. The summed E-state index contributed by atoms with van der Waals surface area (Å²) in [7, 11) is 1.18. The van der Waals surface area contributed by atoms with Crippen LogP contribution in [0.2, 0.25) is 0 Å². The topological polar surface area (TPSA) is 98.9 Å². The number of rotatable bonds is 3. The second-order valence-corrected chi connectivity index (χ2v) is 5.66. The normalized spacial score (nSPS) is 31.5. The van der Waals surface area contributed by atoms with Crippen LogP contribution < -0.4 is 0 Å².